The summed E-state index contributed by atoms with van der Waals surface area (Å²) in [5.74, 6) is 0.356. The van der Waals surface area contributed by atoms with Gasteiger partial charge in [-0.05, 0) is 63.2 Å². The lowest BCUT2D eigenvalue weighted by Gasteiger charge is -2.42. The van der Waals surface area contributed by atoms with Crippen molar-refractivity contribution >= 4 is 17.2 Å². The number of likely N-dealkylation sites (tertiary alicyclic amines) is 1. The summed E-state index contributed by atoms with van der Waals surface area (Å²) in [5.41, 5.74) is 0. The molecule has 0 saturated carbocycles. The van der Waals surface area contributed by atoms with Gasteiger partial charge in [-0.1, -0.05) is 13.0 Å². The zero-order valence-corrected chi connectivity index (χ0v) is 16.5. The second-order valence-corrected chi connectivity index (χ2v) is 8.45. The molecule has 2 saturated heterocycles. The number of hydrogen-bond acceptors (Lipinski definition) is 4. The molecule has 0 N–H and O–H groups in total. The van der Waals surface area contributed by atoms with Crippen molar-refractivity contribution in [3.63, 3.8) is 0 Å². The van der Waals surface area contributed by atoms with Crippen LogP contribution in [0.15, 0.2) is 17.5 Å². The molecule has 0 radical (unpaired) electrons. The Morgan fingerprint density at radius 1 is 1.16 bits per heavy atom. The predicted molar refractivity (Wildman–Crippen MR) is 105 cm³/mol. The first-order chi connectivity index (χ1) is 12.3. The predicted octanol–water partition coefficient (Wildman–Crippen LogP) is 3.09. The number of hydrogen-bond donors (Lipinski definition) is 0. The van der Waals surface area contributed by atoms with Crippen molar-refractivity contribution in [2.24, 2.45) is 0 Å². The Bertz CT molecular complexity index is 503. The van der Waals surface area contributed by atoms with E-state index in [1.165, 1.54) is 43.8 Å². The van der Waals surface area contributed by atoms with Crippen molar-refractivity contribution in [1.82, 2.24) is 14.7 Å². The van der Waals surface area contributed by atoms with Crippen LogP contribution in [0.5, 0.6) is 0 Å². The van der Waals surface area contributed by atoms with Gasteiger partial charge in [-0.3, -0.25) is 9.69 Å². The van der Waals surface area contributed by atoms with Crippen molar-refractivity contribution in [2.75, 3.05) is 45.8 Å². The van der Waals surface area contributed by atoms with Gasteiger partial charge in [0.05, 0.1) is 0 Å². The first kappa shape index (κ1) is 18.9. The van der Waals surface area contributed by atoms with E-state index in [2.05, 4.69) is 39.1 Å². The Kier molecular flexibility index (Phi) is 7.32. The molecule has 1 amide bonds. The van der Waals surface area contributed by atoms with E-state index >= 15 is 0 Å². The van der Waals surface area contributed by atoms with Crippen molar-refractivity contribution in [2.45, 2.75) is 51.5 Å². The Hall–Kier alpha value is -0.910. The van der Waals surface area contributed by atoms with Crippen LogP contribution in [0.4, 0.5) is 0 Å². The number of aryl methyl sites for hydroxylation is 1. The maximum absolute atomic E-state index is 12.4. The van der Waals surface area contributed by atoms with Gasteiger partial charge in [0.2, 0.25) is 5.91 Å². The summed E-state index contributed by atoms with van der Waals surface area (Å²) in [5, 5.41) is 2.11. The SMILES string of the molecule is CCCN1CCC(N2CCN(C(=O)CCCc3cccs3)CC2)CC1. The van der Waals surface area contributed by atoms with Crippen LogP contribution in [-0.4, -0.2) is 72.5 Å². The smallest absolute Gasteiger partial charge is 0.222 e. The third-order valence-corrected chi connectivity index (χ3v) is 6.61. The Morgan fingerprint density at radius 3 is 2.56 bits per heavy atom. The zero-order valence-electron chi connectivity index (χ0n) is 15.7. The highest BCUT2D eigenvalue weighted by Gasteiger charge is 2.28. The van der Waals surface area contributed by atoms with Crippen LogP contribution in [0.3, 0.4) is 0 Å². The number of nitrogens with zero attached hydrogens (tertiary/aromatic N) is 3. The zero-order chi connectivity index (χ0) is 17.5. The lowest BCUT2D eigenvalue weighted by atomic mass is 10.0. The van der Waals surface area contributed by atoms with Crippen molar-refractivity contribution in [1.29, 1.82) is 0 Å². The molecular weight excluding hydrogens is 330 g/mol. The van der Waals surface area contributed by atoms with Crippen LogP contribution < -0.4 is 0 Å². The molecule has 140 valence electrons. The van der Waals surface area contributed by atoms with Gasteiger partial charge in [-0.25, -0.2) is 0 Å². The Balaban J connectivity index is 1.33. The lowest BCUT2D eigenvalue weighted by molar-refractivity contribution is -0.133. The van der Waals surface area contributed by atoms with E-state index in [-0.39, 0.29) is 0 Å². The summed E-state index contributed by atoms with van der Waals surface area (Å²) in [6.45, 7) is 9.99. The fourth-order valence-electron chi connectivity index (χ4n) is 4.19. The van der Waals surface area contributed by atoms with Crippen LogP contribution in [0.25, 0.3) is 0 Å². The van der Waals surface area contributed by atoms with Gasteiger partial charge in [-0.15, -0.1) is 11.3 Å². The van der Waals surface area contributed by atoms with Crippen molar-refractivity contribution in [3.8, 4) is 0 Å². The van der Waals surface area contributed by atoms with Gasteiger partial charge in [0.15, 0.2) is 0 Å². The molecule has 3 rings (SSSR count). The molecular formula is C20H33N3OS. The summed E-state index contributed by atoms with van der Waals surface area (Å²) < 4.78 is 0. The standard InChI is InChI=1S/C20H33N3OS/c1-2-10-21-11-8-18(9-12-21)22-13-15-23(16-14-22)20(24)7-3-5-19-6-4-17-25-19/h4,6,17-18H,2-3,5,7-16H2,1H3. The molecule has 2 aliphatic rings. The summed E-state index contributed by atoms with van der Waals surface area (Å²) in [4.78, 5) is 21.2. The second-order valence-electron chi connectivity index (χ2n) is 7.42. The van der Waals surface area contributed by atoms with Gasteiger partial charge >= 0.3 is 0 Å². The third kappa shape index (κ3) is 5.53. The monoisotopic (exact) mass is 363 g/mol. The molecule has 0 bridgehead atoms. The van der Waals surface area contributed by atoms with Gasteiger partial charge in [0.25, 0.3) is 0 Å². The van der Waals surface area contributed by atoms with Crippen molar-refractivity contribution < 1.29 is 4.79 Å². The van der Waals surface area contributed by atoms with E-state index in [1.54, 1.807) is 11.3 Å². The lowest BCUT2D eigenvalue weighted by Crippen LogP contribution is -2.54. The van der Waals surface area contributed by atoms with Crippen LogP contribution in [0.2, 0.25) is 0 Å². The average molecular weight is 364 g/mol. The Morgan fingerprint density at radius 2 is 1.92 bits per heavy atom. The molecule has 0 unspecified atom stereocenters. The van der Waals surface area contributed by atoms with Crippen LogP contribution in [0, 0.1) is 0 Å². The first-order valence-corrected chi connectivity index (χ1v) is 10.9. The maximum Gasteiger partial charge on any atom is 0.222 e. The molecule has 0 aliphatic carbocycles. The topological polar surface area (TPSA) is 26.8 Å². The molecule has 25 heavy (non-hydrogen) atoms. The quantitative estimate of drug-likeness (QED) is 0.745. The van der Waals surface area contributed by atoms with Gasteiger partial charge in [0, 0.05) is 43.5 Å². The number of piperazine rings is 1. The molecule has 4 nitrogen and oxygen atoms in total. The molecule has 1 aromatic heterocycles. The number of piperidine rings is 1. The minimum absolute atomic E-state index is 0.356. The third-order valence-electron chi connectivity index (χ3n) is 5.67. The van der Waals surface area contributed by atoms with Crippen LogP contribution in [-0.2, 0) is 11.2 Å². The number of rotatable bonds is 7. The summed E-state index contributed by atoms with van der Waals surface area (Å²) in [6, 6.07) is 5.00. The highest BCUT2D eigenvalue weighted by atomic mass is 32.1. The summed E-state index contributed by atoms with van der Waals surface area (Å²) in [6.07, 6.45) is 6.59. The molecule has 1 aromatic rings. The van der Waals surface area contributed by atoms with Crippen molar-refractivity contribution in [3.05, 3.63) is 22.4 Å². The van der Waals surface area contributed by atoms with Gasteiger partial charge in [-0.2, -0.15) is 0 Å². The molecule has 0 atom stereocenters. The van der Waals surface area contributed by atoms with Crippen LogP contribution in [0.1, 0.15) is 43.9 Å². The molecule has 5 heteroatoms. The van der Waals surface area contributed by atoms with E-state index in [4.69, 9.17) is 0 Å². The minimum Gasteiger partial charge on any atom is -0.340 e. The number of amides is 1. The fourth-order valence-corrected chi connectivity index (χ4v) is 4.94. The highest BCUT2D eigenvalue weighted by Crippen LogP contribution is 2.19. The van der Waals surface area contributed by atoms with Crippen LogP contribution >= 0.6 is 11.3 Å². The number of thiophene rings is 1. The fraction of sp³-hybridized carbons (Fsp3) is 0.750. The van der Waals surface area contributed by atoms with E-state index in [0.717, 1.165) is 45.1 Å². The summed E-state index contributed by atoms with van der Waals surface area (Å²) >= 11 is 1.79. The normalized spacial score (nSPS) is 20.9. The number of carbonyl (C=O) groups excluding carboxylic acids is 1. The Labute approximate surface area is 156 Å². The second kappa shape index (κ2) is 9.70. The highest BCUT2D eigenvalue weighted by molar-refractivity contribution is 7.09. The van der Waals surface area contributed by atoms with E-state index in [1.807, 2.05) is 0 Å². The molecule has 0 aromatic carbocycles. The summed E-state index contributed by atoms with van der Waals surface area (Å²) in [7, 11) is 0. The van der Waals surface area contributed by atoms with E-state index < -0.39 is 0 Å². The molecule has 0 spiro atoms. The van der Waals surface area contributed by atoms with Gasteiger partial charge < -0.3 is 9.80 Å². The maximum atomic E-state index is 12.4. The minimum atomic E-state index is 0.356. The average Bonchev–Trinajstić information content (AvgIpc) is 3.16. The molecule has 3 heterocycles. The molecule has 2 aliphatic heterocycles. The van der Waals surface area contributed by atoms with E-state index in [9.17, 15) is 4.79 Å². The molecule has 2 fully saturated rings. The number of carbonyl (C=O) groups is 1. The largest absolute Gasteiger partial charge is 0.340 e. The van der Waals surface area contributed by atoms with E-state index in [0.29, 0.717) is 12.3 Å². The first-order valence-electron chi connectivity index (χ1n) is 10.0. The van der Waals surface area contributed by atoms with Gasteiger partial charge in [0.1, 0.15) is 0 Å².